The molecule has 7 nitrogen and oxygen atoms in total. The average molecular weight is 321 g/mol. The standard InChI is InChI=1S/C16H23N3O4/c1-22-13-3-5-14(6-4-13)23-10-2-8-18-16(21)19-9-7-12(11-19)15(17)20/h3-6,12H,2,7-11H2,1H3,(H2,17,20)(H,18,21). The van der Waals surface area contributed by atoms with Crippen LogP contribution in [0, 0.1) is 5.92 Å². The first kappa shape index (κ1) is 16.9. The van der Waals surface area contributed by atoms with Gasteiger partial charge in [-0.15, -0.1) is 0 Å². The molecule has 1 heterocycles. The van der Waals surface area contributed by atoms with E-state index in [4.69, 9.17) is 15.2 Å². The van der Waals surface area contributed by atoms with Crippen LogP contribution < -0.4 is 20.5 Å². The van der Waals surface area contributed by atoms with Gasteiger partial charge in [0.05, 0.1) is 19.6 Å². The maximum atomic E-state index is 11.9. The summed E-state index contributed by atoms with van der Waals surface area (Å²) in [5.74, 6) is 0.984. The molecule has 0 saturated carbocycles. The Labute approximate surface area is 135 Å². The van der Waals surface area contributed by atoms with Crippen molar-refractivity contribution in [1.29, 1.82) is 0 Å². The number of urea groups is 1. The van der Waals surface area contributed by atoms with Crippen molar-refractivity contribution < 1.29 is 19.1 Å². The zero-order valence-electron chi connectivity index (χ0n) is 13.3. The van der Waals surface area contributed by atoms with Crippen LogP contribution in [0.1, 0.15) is 12.8 Å². The number of methoxy groups -OCH3 is 1. The summed E-state index contributed by atoms with van der Waals surface area (Å²) in [6.07, 6.45) is 1.34. The molecule has 0 spiro atoms. The second-order valence-electron chi connectivity index (χ2n) is 5.44. The molecule has 2 rings (SSSR count). The molecule has 1 aliphatic rings. The van der Waals surface area contributed by atoms with Gasteiger partial charge in [0.1, 0.15) is 11.5 Å². The number of likely N-dealkylation sites (tertiary alicyclic amines) is 1. The van der Waals surface area contributed by atoms with E-state index < -0.39 is 0 Å². The van der Waals surface area contributed by atoms with E-state index in [0.29, 0.717) is 39.1 Å². The normalized spacial score (nSPS) is 16.9. The zero-order valence-corrected chi connectivity index (χ0v) is 13.3. The van der Waals surface area contributed by atoms with Crippen LogP contribution in [0.2, 0.25) is 0 Å². The monoisotopic (exact) mass is 321 g/mol. The molecule has 0 bridgehead atoms. The Bertz CT molecular complexity index is 533. The molecule has 7 heteroatoms. The van der Waals surface area contributed by atoms with Gasteiger partial charge in [-0.05, 0) is 37.1 Å². The topological polar surface area (TPSA) is 93.9 Å². The number of nitrogens with two attached hydrogens (primary N) is 1. The lowest BCUT2D eigenvalue weighted by Gasteiger charge is -2.16. The van der Waals surface area contributed by atoms with Gasteiger partial charge in [0, 0.05) is 19.6 Å². The number of primary amides is 1. The second-order valence-corrected chi connectivity index (χ2v) is 5.44. The van der Waals surface area contributed by atoms with Crippen LogP contribution in [-0.4, -0.2) is 50.2 Å². The zero-order chi connectivity index (χ0) is 16.7. The summed E-state index contributed by atoms with van der Waals surface area (Å²) in [6, 6.07) is 7.19. The van der Waals surface area contributed by atoms with E-state index >= 15 is 0 Å². The molecule has 1 atom stereocenters. The van der Waals surface area contributed by atoms with Gasteiger partial charge in [0.2, 0.25) is 5.91 Å². The van der Waals surface area contributed by atoms with Crippen molar-refractivity contribution in [3.05, 3.63) is 24.3 Å². The van der Waals surface area contributed by atoms with E-state index in [1.807, 2.05) is 24.3 Å². The first-order valence-electron chi connectivity index (χ1n) is 7.69. The Kier molecular flexibility index (Phi) is 6.08. The lowest BCUT2D eigenvalue weighted by molar-refractivity contribution is -0.121. The molecule has 1 saturated heterocycles. The van der Waals surface area contributed by atoms with Crippen LogP contribution in [0.25, 0.3) is 0 Å². The predicted octanol–water partition coefficient (Wildman–Crippen LogP) is 0.981. The number of amides is 3. The average Bonchev–Trinajstić information content (AvgIpc) is 3.05. The molecule has 1 aromatic rings. The number of hydrogen-bond acceptors (Lipinski definition) is 4. The minimum absolute atomic E-state index is 0.154. The summed E-state index contributed by atoms with van der Waals surface area (Å²) in [4.78, 5) is 24.6. The molecule has 1 aromatic carbocycles. The second kappa shape index (κ2) is 8.26. The number of carbonyl (C=O) groups excluding carboxylic acids is 2. The highest BCUT2D eigenvalue weighted by atomic mass is 16.5. The minimum Gasteiger partial charge on any atom is -0.497 e. The van der Waals surface area contributed by atoms with Crippen molar-refractivity contribution in [2.24, 2.45) is 11.7 Å². The number of carbonyl (C=O) groups is 2. The Morgan fingerprint density at radius 1 is 1.30 bits per heavy atom. The van der Waals surface area contributed by atoms with E-state index in [2.05, 4.69) is 5.32 Å². The fraction of sp³-hybridized carbons (Fsp3) is 0.500. The van der Waals surface area contributed by atoms with Gasteiger partial charge in [0.15, 0.2) is 0 Å². The first-order chi connectivity index (χ1) is 11.1. The van der Waals surface area contributed by atoms with E-state index in [1.54, 1.807) is 12.0 Å². The van der Waals surface area contributed by atoms with Crippen molar-refractivity contribution in [2.45, 2.75) is 12.8 Å². The van der Waals surface area contributed by atoms with Crippen molar-refractivity contribution in [2.75, 3.05) is 33.4 Å². The van der Waals surface area contributed by atoms with Crippen molar-refractivity contribution in [3.8, 4) is 11.5 Å². The highest BCUT2D eigenvalue weighted by Gasteiger charge is 2.29. The molecule has 1 fully saturated rings. The molecular weight excluding hydrogens is 298 g/mol. The third-order valence-electron chi connectivity index (χ3n) is 3.80. The summed E-state index contributed by atoms with van der Waals surface area (Å²) in [5, 5.41) is 2.82. The number of nitrogens with zero attached hydrogens (tertiary/aromatic N) is 1. The van der Waals surface area contributed by atoms with E-state index in [0.717, 1.165) is 11.5 Å². The van der Waals surface area contributed by atoms with Gasteiger partial charge < -0.3 is 25.4 Å². The van der Waals surface area contributed by atoms with Crippen LogP contribution in [0.3, 0.4) is 0 Å². The number of hydrogen-bond donors (Lipinski definition) is 2. The summed E-state index contributed by atoms with van der Waals surface area (Å²) < 4.78 is 10.7. The molecular formula is C16H23N3O4. The predicted molar refractivity (Wildman–Crippen MR) is 85.4 cm³/mol. The lowest BCUT2D eigenvalue weighted by Crippen LogP contribution is -2.40. The van der Waals surface area contributed by atoms with Crippen LogP contribution >= 0.6 is 0 Å². The molecule has 0 aromatic heterocycles. The molecule has 23 heavy (non-hydrogen) atoms. The Morgan fingerprint density at radius 3 is 2.61 bits per heavy atom. The smallest absolute Gasteiger partial charge is 0.317 e. The number of rotatable bonds is 7. The quantitative estimate of drug-likeness (QED) is 0.732. The molecule has 3 N–H and O–H groups in total. The first-order valence-corrected chi connectivity index (χ1v) is 7.69. The lowest BCUT2D eigenvalue weighted by atomic mass is 10.1. The fourth-order valence-electron chi connectivity index (χ4n) is 2.42. The molecule has 0 radical (unpaired) electrons. The van der Waals surface area contributed by atoms with Gasteiger partial charge in [-0.3, -0.25) is 4.79 Å². The minimum atomic E-state index is -0.340. The highest BCUT2D eigenvalue weighted by Crippen LogP contribution is 2.17. The van der Waals surface area contributed by atoms with Crippen molar-refractivity contribution in [3.63, 3.8) is 0 Å². The Hall–Kier alpha value is -2.44. The maximum Gasteiger partial charge on any atom is 0.317 e. The van der Waals surface area contributed by atoms with Crippen molar-refractivity contribution in [1.82, 2.24) is 10.2 Å². The summed E-state index contributed by atoms with van der Waals surface area (Å²) in [6.45, 7) is 2.01. The molecule has 0 aliphatic carbocycles. The van der Waals surface area contributed by atoms with Crippen LogP contribution in [0.4, 0.5) is 4.79 Å². The highest BCUT2D eigenvalue weighted by molar-refractivity contribution is 5.80. The van der Waals surface area contributed by atoms with Crippen molar-refractivity contribution >= 4 is 11.9 Å². The van der Waals surface area contributed by atoms with Gasteiger partial charge in [0.25, 0.3) is 0 Å². The number of ether oxygens (including phenoxy) is 2. The van der Waals surface area contributed by atoms with E-state index in [1.165, 1.54) is 0 Å². The van der Waals surface area contributed by atoms with Crippen LogP contribution in [0.5, 0.6) is 11.5 Å². The van der Waals surface area contributed by atoms with Gasteiger partial charge in [-0.2, -0.15) is 0 Å². The van der Waals surface area contributed by atoms with Crippen LogP contribution in [0.15, 0.2) is 24.3 Å². The maximum absolute atomic E-state index is 11.9. The van der Waals surface area contributed by atoms with E-state index in [9.17, 15) is 9.59 Å². The summed E-state index contributed by atoms with van der Waals surface area (Å²) >= 11 is 0. The molecule has 1 unspecified atom stereocenters. The Morgan fingerprint density at radius 2 is 2.00 bits per heavy atom. The van der Waals surface area contributed by atoms with Crippen LogP contribution in [-0.2, 0) is 4.79 Å². The largest absolute Gasteiger partial charge is 0.497 e. The SMILES string of the molecule is COc1ccc(OCCCNC(=O)N2CCC(C(N)=O)C2)cc1. The Balaban J connectivity index is 1.60. The molecule has 3 amide bonds. The fourth-order valence-corrected chi connectivity index (χ4v) is 2.42. The third kappa shape index (κ3) is 5.05. The molecule has 1 aliphatic heterocycles. The molecule has 126 valence electrons. The third-order valence-corrected chi connectivity index (χ3v) is 3.80. The summed E-state index contributed by atoms with van der Waals surface area (Å²) in [7, 11) is 1.62. The van der Waals surface area contributed by atoms with Gasteiger partial charge in [-0.25, -0.2) is 4.79 Å². The van der Waals surface area contributed by atoms with E-state index in [-0.39, 0.29) is 17.9 Å². The van der Waals surface area contributed by atoms with Gasteiger partial charge in [-0.1, -0.05) is 0 Å². The number of nitrogens with one attached hydrogen (secondary N) is 1. The summed E-state index contributed by atoms with van der Waals surface area (Å²) in [5.41, 5.74) is 5.25. The van der Waals surface area contributed by atoms with Gasteiger partial charge >= 0.3 is 6.03 Å². The number of benzene rings is 1.